The maximum atomic E-state index is 11.2. The molecule has 0 aliphatic carbocycles. The third kappa shape index (κ3) is 2.14. The van der Waals surface area contributed by atoms with Crippen molar-refractivity contribution in [1.82, 2.24) is 4.90 Å². The van der Waals surface area contributed by atoms with Crippen LogP contribution in [-0.2, 0) is 9.53 Å². The fourth-order valence-electron chi connectivity index (χ4n) is 1.46. The largest absolute Gasteiger partial charge is 0.480 e. The van der Waals surface area contributed by atoms with Crippen LogP contribution in [0.15, 0.2) is 0 Å². The molecule has 0 saturated carbocycles. The van der Waals surface area contributed by atoms with E-state index in [4.69, 9.17) is 5.11 Å². The molecular formula is C8H13NO5. The van der Waals surface area contributed by atoms with Crippen LogP contribution in [0.25, 0.3) is 0 Å². The van der Waals surface area contributed by atoms with Gasteiger partial charge in [0.15, 0.2) is 0 Å². The monoisotopic (exact) mass is 203 g/mol. The average molecular weight is 203 g/mol. The first-order valence-corrected chi connectivity index (χ1v) is 4.40. The number of aliphatic hydroxyl groups excluding tert-OH is 1. The summed E-state index contributed by atoms with van der Waals surface area (Å²) in [7, 11) is 0. The molecule has 1 unspecified atom stereocenters. The summed E-state index contributed by atoms with van der Waals surface area (Å²) in [4.78, 5) is 23.0. The Hall–Kier alpha value is -1.30. The number of hydrogen-bond acceptors (Lipinski definition) is 4. The molecule has 1 saturated heterocycles. The molecule has 2 atom stereocenters. The fraction of sp³-hybridized carbons (Fsp3) is 0.750. The second-order valence-corrected chi connectivity index (χ2v) is 3.09. The van der Waals surface area contributed by atoms with Crippen LogP contribution in [-0.4, -0.2) is 52.5 Å². The molecule has 1 rings (SSSR count). The summed E-state index contributed by atoms with van der Waals surface area (Å²) in [6, 6.07) is -0.968. The van der Waals surface area contributed by atoms with E-state index in [1.54, 1.807) is 6.92 Å². The van der Waals surface area contributed by atoms with Crippen molar-refractivity contribution in [3.8, 4) is 0 Å². The molecule has 0 radical (unpaired) electrons. The minimum absolute atomic E-state index is 0.0236. The fourth-order valence-corrected chi connectivity index (χ4v) is 1.46. The first kappa shape index (κ1) is 10.8. The third-order valence-corrected chi connectivity index (χ3v) is 2.07. The summed E-state index contributed by atoms with van der Waals surface area (Å²) in [5.74, 6) is -1.12. The van der Waals surface area contributed by atoms with Crippen LogP contribution in [0, 0.1) is 0 Å². The number of aliphatic hydroxyl groups is 1. The number of rotatable bonds is 2. The molecule has 6 nitrogen and oxygen atoms in total. The molecule has 1 amide bonds. The smallest absolute Gasteiger partial charge is 0.410 e. The lowest BCUT2D eigenvalue weighted by Gasteiger charge is -2.19. The first-order chi connectivity index (χ1) is 6.56. The quantitative estimate of drug-likeness (QED) is 0.641. The lowest BCUT2D eigenvalue weighted by molar-refractivity contribution is -0.141. The summed E-state index contributed by atoms with van der Waals surface area (Å²) >= 11 is 0. The maximum absolute atomic E-state index is 11.2. The molecule has 1 fully saturated rings. The number of carbonyl (C=O) groups is 2. The van der Waals surface area contributed by atoms with Crippen LogP contribution >= 0.6 is 0 Å². The zero-order valence-electron chi connectivity index (χ0n) is 7.84. The van der Waals surface area contributed by atoms with Gasteiger partial charge in [0.1, 0.15) is 6.04 Å². The molecular weight excluding hydrogens is 190 g/mol. The number of nitrogens with zero attached hydrogens (tertiary/aromatic N) is 1. The minimum atomic E-state index is -1.12. The first-order valence-electron chi connectivity index (χ1n) is 4.40. The molecule has 1 aliphatic heterocycles. The minimum Gasteiger partial charge on any atom is -0.480 e. The zero-order valence-corrected chi connectivity index (χ0v) is 7.84. The number of hydrogen-bond donors (Lipinski definition) is 2. The van der Waals surface area contributed by atoms with Gasteiger partial charge in [-0.05, 0) is 6.92 Å². The summed E-state index contributed by atoms with van der Waals surface area (Å²) in [5, 5.41) is 18.0. The van der Waals surface area contributed by atoms with Crippen molar-refractivity contribution in [2.45, 2.75) is 25.5 Å². The average Bonchev–Trinajstić information content (AvgIpc) is 2.48. The SMILES string of the molecule is CCOC(=O)N1CC(O)C[C@H]1C(=O)O. The van der Waals surface area contributed by atoms with Gasteiger partial charge in [0.05, 0.1) is 19.3 Å². The van der Waals surface area contributed by atoms with Gasteiger partial charge in [-0.1, -0.05) is 0 Å². The highest BCUT2D eigenvalue weighted by Gasteiger charge is 2.39. The lowest BCUT2D eigenvalue weighted by atomic mass is 10.2. The van der Waals surface area contributed by atoms with Crippen molar-refractivity contribution in [2.75, 3.05) is 13.2 Å². The van der Waals surface area contributed by atoms with E-state index in [9.17, 15) is 14.7 Å². The van der Waals surface area contributed by atoms with Gasteiger partial charge in [0.2, 0.25) is 0 Å². The van der Waals surface area contributed by atoms with E-state index in [2.05, 4.69) is 4.74 Å². The van der Waals surface area contributed by atoms with Gasteiger partial charge in [-0.25, -0.2) is 9.59 Å². The molecule has 6 heteroatoms. The number of carboxylic acid groups (broad SMARTS) is 1. The highest BCUT2D eigenvalue weighted by atomic mass is 16.6. The highest BCUT2D eigenvalue weighted by Crippen LogP contribution is 2.18. The predicted molar refractivity (Wildman–Crippen MR) is 45.8 cm³/mol. The van der Waals surface area contributed by atoms with Crippen molar-refractivity contribution < 1.29 is 24.5 Å². The van der Waals surface area contributed by atoms with Gasteiger partial charge in [-0.15, -0.1) is 0 Å². The predicted octanol–water partition coefficient (Wildman–Crippen LogP) is -0.337. The number of aliphatic carboxylic acids is 1. The van der Waals surface area contributed by atoms with Crippen molar-refractivity contribution in [3.05, 3.63) is 0 Å². The van der Waals surface area contributed by atoms with Crippen molar-refractivity contribution in [2.24, 2.45) is 0 Å². The van der Waals surface area contributed by atoms with E-state index in [0.29, 0.717) is 0 Å². The van der Waals surface area contributed by atoms with E-state index in [1.807, 2.05) is 0 Å². The second-order valence-electron chi connectivity index (χ2n) is 3.09. The molecule has 80 valence electrons. The van der Waals surface area contributed by atoms with Gasteiger partial charge in [0.25, 0.3) is 0 Å². The Balaban J connectivity index is 2.66. The van der Waals surface area contributed by atoms with Gasteiger partial charge >= 0.3 is 12.1 Å². The van der Waals surface area contributed by atoms with Crippen LogP contribution in [0.4, 0.5) is 4.79 Å². The van der Waals surface area contributed by atoms with Gasteiger partial charge < -0.3 is 14.9 Å². The van der Waals surface area contributed by atoms with Crippen LogP contribution in [0.5, 0.6) is 0 Å². The van der Waals surface area contributed by atoms with Crippen LogP contribution in [0.2, 0.25) is 0 Å². The summed E-state index contributed by atoms with van der Waals surface area (Å²) in [6.07, 6.45) is -1.40. The Morgan fingerprint density at radius 3 is 2.71 bits per heavy atom. The molecule has 1 aliphatic rings. The molecule has 2 N–H and O–H groups in total. The van der Waals surface area contributed by atoms with E-state index < -0.39 is 24.2 Å². The molecule has 0 bridgehead atoms. The summed E-state index contributed by atoms with van der Waals surface area (Å²) in [6.45, 7) is 1.85. The normalized spacial score (nSPS) is 26.3. The number of likely N-dealkylation sites (tertiary alicyclic amines) is 1. The molecule has 0 aromatic rings. The lowest BCUT2D eigenvalue weighted by Crippen LogP contribution is -2.40. The number of β-amino-alcohol motifs (C(OH)–C–C–N with tert-alkyl or cyclic N) is 1. The van der Waals surface area contributed by atoms with E-state index in [1.165, 1.54) is 0 Å². The molecule has 1 heterocycles. The Kier molecular flexibility index (Phi) is 3.29. The van der Waals surface area contributed by atoms with Crippen molar-refractivity contribution >= 4 is 12.1 Å². The standard InChI is InChI=1S/C8H13NO5/c1-2-14-8(13)9-4-5(10)3-6(9)7(11)12/h5-6,10H,2-4H2,1H3,(H,11,12)/t5?,6-/m0/s1. The maximum Gasteiger partial charge on any atom is 0.410 e. The van der Waals surface area contributed by atoms with Crippen molar-refractivity contribution in [3.63, 3.8) is 0 Å². The molecule has 0 aromatic heterocycles. The number of carbonyl (C=O) groups excluding carboxylic acids is 1. The molecule has 14 heavy (non-hydrogen) atoms. The summed E-state index contributed by atoms with van der Waals surface area (Å²) < 4.78 is 4.67. The number of carboxylic acids is 1. The summed E-state index contributed by atoms with van der Waals surface area (Å²) in [5.41, 5.74) is 0. The Bertz CT molecular complexity index is 242. The van der Waals surface area contributed by atoms with Gasteiger partial charge in [0, 0.05) is 6.42 Å². The van der Waals surface area contributed by atoms with Crippen LogP contribution < -0.4 is 0 Å². The Morgan fingerprint density at radius 2 is 2.21 bits per heavy atom. The van der Waals surface area contributed by atoms with E-state index >= 15 is 0 Å². The highest BCUT2D eigenvalue weighted by molar-refractivity contribution is 5.80. The van der Waals surface area contributed by atoms with Crippen molar-refractivity contribution in [1.29, 1.82) is 0 Å². The van der Waals surface area contributed by atoms with Crippen LogP contribution in [0.1, 0.15) is 13.3 Å². The number of ether oxygens (including phenoxy) is 1. The van der Waals surface area contributed by atoms with Gasteiger partial charge in [-0.2, -0.15) is 0 Å². The Labute approximate surface area is 81.1 Å². The van der Waals surface area contributed by atoms with E-state index in [-0.39, 0.29) is 19.6 Å². The molecule has 0 aromatic carbocycles. The van der Waals surface area contributed by atoms with E-state index in [0.717, 1.165) is 4.90 Å². The van der Waals surface area contributed by atoms with Gasteiger partial charge in [-0.3, -0.25) is 4.90 Å². The third-order valence-electron chi connectivity index (χ3n) is 2.07. The van der Waals surface area contributed by atoms with Crippen LogP contribution in [0.3, 0.4) is 0 Å². The number of amides is 1. The zero-order chi connectivity index (χ0) is 10.7. The molecule has 0 spiro atoms. The Morgan fingerprint density at radius 1 is 1.57 bits per heavy atom. The topological polar surface area (TPSA) is 87.1 Å². The second kappa shape index (κ2) is 4.28.